The third-order valence-corrected chi connectivity index (χ3v) is 2.91. The Balaban J connectivity index is 1.97. The molecule has 0 amide bonds. The minimum Gasteiger partial charge on any atom is -0.379 e. The lowest BCUT2D eigenvalue weighted by Gasteiger charge is -2.25. The molecule has 0 spiro atoms. The summed E-state index contributed by atoms with van der Waals surface area (Å²) in [5, 5.41) is 0. The second-order valence-corrected chi connectivity index (χ2v) is 4.47. The van der Waals surface area contributed by atoms with Gasteiger partial charge < -0.3 is 4.74 Å². The monoisotopic (exact) mass is 284 g/mol. The van der Waals surface area contributed by atoms with Gasteiger partial charge in [0.05, 0.1) is 19.8 Å². The maximum atomic E-state index is 11.9. The Morgan fingerprint density at radius 3 is 2.88 bits per heavy atom. The molecule has 1 aromatic rings. The lowest BCUT2D eigenvalue weighted by atomic mass is 10.2. The number of pyridine rings is 1. The lowest BCUT2D eigenvalue weighted by Crippen LogP contribution is -2.39. The number of carbonyl (C=O) groups excluding carboxylic acids is 1. The van der Waals surface area contributed by atoms with Gasteiger partial charge in [-0.2, -0.15) is 0 Å². The third kappa shape index (κ3) is 3.10. The van der Waals surface area contributed by atoms with E-state index >= 15 is 0 Å². The van der Waals surface area contributed by atoms with Crippen LogP contribution < -0.4 is 0 Å². The second-order valence-electron chi connectivity index (χ2n) is 3.66. The van der Waals surface area contributed by atoms with Gasteiger partial charge in [0, 0.05) is 13.1 Å². The van der Waals surface area contributed by atoms with Crippen LogP contribution in [-0.2, 0) is 4.74 Å². The average Bonchev–Trinajstić information content (AvgIpc) is 2.30. The molecule has 1 aliphatic heterocycles. The molecule has 0 aliphatic carbocycles. The van der Waals surface area contributed by atoms with Gasteiger partial charge in [-0.15, -0.1) is 0 Å². The van der Waals surface area contributed by atoms with Crippen LogP contribution in [0.4, 0.5) is 0 Å². The Morgan fingerprint density at radius 2 is 2.19 bits per heavy atom. The van der Waals surface area contributed by atoms with E-state index in [9.17, 15) is 4.79 Å². The van der Waals surface area contributed by atoms with Gasteiger partial charge in [-0.1, -0.05) is 6.07 Å². The fourth-order valence-electron chi connectivity index (χ4n) is 1.61. The molecule has 1 saturated heterocycles. The maximum Gasteiger partial charge on any atom is 0.195 e. The zero-order valence-electron chi connectivity index (χ0n) is 8.86. The minimum absolute atomic E-state index is 0.0585. The molecule has 0 atom stereocenters. The molecule has 86 valence electrons. The molecule has 1 aliphatic rings. The van der Waals surface area contributed by atoms with Gasteiger partial charge in [-0.05, 0) is 28.1 Å². The van der Waals surface area contributed by atoms with Gasteiger partial charge in [0.2, 0.25) is 0 Å². The van der Waals surface area contributed by atoms with Crippen LogP contribution in [0.15, 0.2) is 22.8 Å². The highest BCUT2D eigenvalue weighted by molar-refractivity contribution is 9.10. The Bertz CT molecular complexity index is 378. The Labute approximate surface area is 103 Å². The van der Waals surface area contributed by atoms with Gasteiger partial charge in [0.25, 0.3) is 0 Å². The largest absolute Gasteiger partial charge is 0.379 e. The Kier molecular flexibility index (Phi) is 4.04. The fraction of sp³-hybridized carbons (Fsp3) is 0.455. The molecule has 16 heavy (non-hydrogen) atoms. The summed E-state index contributed by atoms with van der Waals surface area (Å²) in [6.07, 6.45) is 0. The number of ether oxygens (including phenoxy) is 1. The molecule has 0 N–H and O–H groups in total. The Morgan fingerprint density at radius 1 is 1.44 bits per heavy atom. The van der Waals surface area contributed by atoms with E-state index in [1.165, 1.54) is 0 Å². The van der Waals surface area contributed by atoms with Crippen molar-refractivity contribution in [2.24, 2.45) is 0 Å². The molecule has 0 bridgehead atoms. The maximum absolute atomic E-state index is 11.9. The minimum atomic E-state index is 0.0585. The number of hydrogen-bond acceptors (Lipinski definition) is 4. The van der Waals surface area contributed by atoms with Crippen molar-refractivity contribution >= 4 is 21.7 Å². The van der Waals surface area contributed by atoms with Gasteiger partial charge >= 0.3 is 0 Å². The zero-order chi connectivity index (χ0) is 11.4. The van der Waals surface area contributed by atoms with Gasteiger partial charge in [-0.25, -0.2) is 4.98 Å². The first-order chi connectivity index (χ1) is 7.75. The normalized spacial score (nSPS) is 17.3. The number of aromatic nitrogens is 1. The highest BCUT2D eigenvalue weighted by Gasteiger charge is 2.16. The van der Waals surface area contributed by atoms with Crippen LogP contribution in [-0.4, -0.2) is 48.5 Å². The molecule has 1 aromatic heterocycles. The SMILES string of the molecule is O=C(CN1CCOCC1)c1cccc(Br)n1. The number of nitrogens with zero attached hydrogens (tertiary/aromatic N) is 2. The summed E-state index contributed by atoms with van der Waals surface area (Å²) < 4.78 is 5.92. The zero-order valence-corrected chi connectivity index (χ0v) is 10.4. The van der Waals surface area contributed by atoms with E-state index in [-0.39, 0.29) is 5.78 Å². The number of rotatable bonds is 3. The van der Waals surface area contributed by atoms with Crippen molar-refractivity contribution < 1.29 is 9.53 Å². The highest BCUT2D eigenvalue weighted by atomic mass is 79.9. The molecule has 0 unspecified atom stereocenters. The Hall–Kier alpha value is -0.780. The van der Waals surface area contributed by atoms with Crippen molar-refractivity contribution in [3.63, 3.8) is 0 Å². The number of halogens is 1. The predicted octanol–water partition coefficient (Wildman–Crippen LogP) is 1.36. The second kappa shape index (κ2) is 5.52. The molecule has 1 fully saturated rings. The van der Waals surface area contributed by atoms with E-state index in [1.807, 2.05) is 12.1 Å². The van der Waals surface area contributed by atoms with Crippen LogP contribution in [0.1, 0.15) is 10.5 Å². The third-order valence-electron chi connectivity index (χ3n) is 2.47. The molecule has 0 saturated carbocycles. The van der Waals surface area contributed by atoms with Gasteiger partial charge in [-0.3, -0.25) is 9.69 Å². The van der Waals surface area contributed by atoms with Crippen molar-refractivity contribution in [1.29, 1.82) is 0 Å². The van der Waals surface area contributed by atoms with Crippen LogP contribution in [0.25, 0.3) is 0 Å². The van der Waals surface area contributed by atoms with E-state index < -0.39 is 0 Å². The number of ketones is 1. The summed E-state index contributed by atoms with van der Waals surface area (Å²) in [5.41, 5.74) is 0.515. The summed E-state index contributed by atoms with van der Waals surface area (Å²) in [5.74, 6) is 0.0585. The van der Waals surface area contributed by atoms with Crippen LogP contribution in [0.5, 0.6) is 0 Å². The molecule has 0 aromatic carbocycles. The molecular formula is C11H13BrN2O2. The van der Waals surface area contributed by atoms with Crippen molar-refractivity contribution in [3.8, 4) is 0 Å². The standard InChI is InChI=1S/C11H13BrN2O2/c12-11-3-1-2-9(13-11)10(15)8-14-4-6-16-7-5-14/h1-3H,4-8H2. The summed E-state index contributed by atoms with van der Waals surface area (Å²) in [7, 11) is 0. The molecular weight excluding hydrogens is 272 g/mol. The average molecular weight is 285 g/mol. The molecule has 2 rings (SSSR count). The van der Waals surface area contributed by atoms with Crippen molar-refractivity contribution in [2.75, 3.05) is 32.8 Å². The van der Waals surface area contributed by atoms with Gasteiger partial charge in [0.15, 0.2) is 5.78 Å². The topological polar surface area (TPSA) is 42.4 Å². The summed E-state index contributed by atoms with van der Waals surface area (Å²) in [6, 6.07) is 5.38. The summed E-state index contributed by atoms with van der Waals surface area (Å²) >= 11 is 3.26. The highest BCUT2D eigenvalue weighted by Crippen LogP contribution is 2.08. The first-order valence-corrected chi connectivity index (χ1v) is 6.01. The number of Topliss-reactive ketones (excluding diaryl/α,β-unsaturated/α-hetero) is 1. The van der Waals surface area contributed by atoms with E-state index in [0.29, 0.717) is 30.1 Å². The lowest BCUT2D eigenvalue weighted by molar-refractivity contribution is 0.0370. The summed E-state index contributed by atoms with van der Waals surface area (Å²) in [6.45, 7) is 3.48. The predicted molar refractivity (Wildman–Crippen MR) is 63.5 cm³/mol. The smallest absolute Gasteiger partial charge is 0.195 e. The van der Waals surface area contributed by atoms with E-state index in [1.54, 1.807) is 6.07 Å². The van der Waals surface area contributed by atoms with Crippen LogP contribution in [0.3, 0.4) is 0 Å². The van der Waals surface area contributed by atoms with E-state index in [0.717, 1.165) is 13.1 Å². The van der Waals surface area contributed by atoms with E-state index in [2.05, 4.69) is 25.8 Å². The molecule has 0 radical (unpaired) electrons. The van der Waals surface area contributed by atoms with Gasteiger partial charge in [0.1, 0.15) is 10.3 Å². The molecule has 4 nitrogen and oxygen atoms in total. The van der Waals surface area contributed by atoms with Crippen molar-refractivity contribution in [2.45, 2.75) is 0 Å². The number of hydrogen-bond donors (Lipinski definition) is 0. The molecule has 2 heterocycles. The first-order valence-electron chi connectivity index (χ1n) is 5.21. The number of morpholine rings is 1. The number of carbonyl (C=O) groups is 1. The fourth-order valence-corrected chi connectivity index (χ4v) is 1.95. The van der Waals surface area contributed by atoms with Crippen molar-refractivity contribution in [3.05, 3.63) is 28.5 Å². The van der Waals surface area contributed by atoms with Crippen LogP contribution in [0, 0.1) is 0 Å². The molecule has 5 heteroatoms. The van der Waals surface area contributed by atoms with Crippen molar-refractivity contribution in [1.82, 2.24) is 9.88 Å². The first kappa shape index (κ1) is 11.7. The summed E-state index contributed by atoms with van der Waals surface area (Å²) in [4.78, 5) is 18.1. The van der Waals surface area contributed by atoms with E-state index in [4.69, 9.17) is 4.74 Å². The van der Waals surface area contributed by atoms with Crippen LogP contribution >= 0.6 is 15.9 Å². The quantitative estimate of drug-likeness (QED) is 0.621. The van der Waals surface area contributed by atoms with Crippen LogP contribution in [0.2, 0.25) is 0 Å².